The Hall–Kier alpha value is -4.17. The molecule has 1 aliphatic heterocycles. The molecule has 0 radical (unpaired) electrons. The van der Waals surface area contributed by atoms with Crippen molar-refractivity contribution in [1.82, 2.24) is 15.2 Å². The van der Waals surface area contributed by atoms with Gasteiger partial charge in [-0.3, -0.25) is 9.59 Å². The number of nitrogens with zero attached hydrogens (tertiary/aromatic N) is 2. The molecule has 1 aliphatic rings. The van der Waals surface area contributed by atoms with Crippen molar-refractivity contribution < 1.29 is 19.1 Å². The van der Waals surface area contributed by atoms with Gasteiger partial charge in [-0.2, -0.15) is 0 Å². The summed E-state index contributed by atoms with van der Waals surface area (Å²) in [6, 6.07) is 22.8. The van der Waals surface area contributed by atoms with Gasteiger partial charge < -0.3 is 19.7 Å². The number of carbonyl (C=O) groups excluding carboxylic acids is 2. The van der Waals surface area contributed by atoms with Gasteiger partial charge in [-0.25, -0.2) is 4.98 Å². The summed E-state index contributed by atoms with van der Waals surface area (Å²) in [4.78, 5) is 34.2. The molecule has 2 heterocycles. The number of aryl methyl sites for hydroxylation is 1. The average Bonchev–Trinajstić information content (AvgIpc) is 3.30. The van der Waals surface area contributed by atoms with Crippen molar-refractivity contribution in [1.29, 1.82) is 0 Å². The molecule has 3 aromatic carbocycles. The predicted molar refractivity (Wildman–Crippen MR) is 161 cm³/mol. The van der Waals surface area contributed by atoms with Gasteiger partial charge in [0, 0.05) is 30.0 Å². The minimum Gasteiger partial charge on any atom is -0.493 e. The van der Waals surface area contributed by atoms with Gasteiger partial charge >= 0.3 is 0 Å². The Balaban J connectivity index is 1.36. The number of amides is 2. The summed E-state index contributed by atoms with van der Waals surface area (Å²) in [5, 5.41) is 2.99. The Kier molecular flexibility index (Phi) is 9.31. The van der Waals surface area contributed by atoms with E-state index in [9.17, 15) is 9.59 Å². The fourth-order valence-corrected chi connectivity index (χ4v) is 5.85. The van der Waals surface area contributed by atoms with Gasteiger partial charge in [-0.15, -0.1) is 11.3 Å². The number of hydrogen-bond donors (Lipinski definition) is 1. The highest BCUT2D eigenvalue weighted by molar-refractivity contribution is 7.09. The van der Waals surface area contributed by atoms with Crippen LogP contribution in [0.1, 0.15) is 45.8 Å². The maximum Gasteiger partial charge on any atom is 0.254 e. The molecule has 212 valence electrons. The highest BCUT2D eigenvalue weighted by atomic mass is 32.1. The smallest absolute Gasteiger partial charge is 0.254 e. The third-order valence-corrected chi connectivity index (χ3v) is 8.39. The van der Waals surface area contributed by atoms with Crippen LogP contribution in [0, 0.1) is 6.92 Å². The number of rotatable bonds is 10. The Bertz CT molecular complexity index is 1470. The van der Waals surface area contributed by atoms with E-state index in [1.807, 2.05) is 85.2 Å². The molecule has 0 bridgehead atoms. The van der Waals surface area contributed by atoms with Gasteiger partial charge in [0.2, 0.25) is 5.91 Å². The monoisotopic (exact) mass is 569 g/mol. The van der Waals surface area contributed by atoms with Gasteiger partial charge in [-0.05, 0) is 67.1 Å². The maximum absolute atomic E-state index is 13.9. The molecule has 7 nitrogen and oxygen atoms in total. The van der Waals surface area contributed by atoms with Crippen LogP contribution in [0.4, 0.5) is 0 Å². The fourth-order valence-electron chi connectivity index (χ4n) is 5.09. The standard InChI is InChI=1S/C33H35N3O4S/c1-23-31(41-22-35-23)17-19-40-29-16-11-24(20-30(29)39-2)21-36(28-10-6-7-18-34-32(28)37)33(38)27-14-12-26(13-15-27)25-8-4-3-5-9-25/h3-5,8-9,11-16,20,22,28H,6-7,10,17-19,21H2,1-2H3,(H,34,37)/t28-/m0/s1. The van der Waals surface area contributed by atoms with E-state index in [1.165, 1.54) is 4.88 Å². The Morgan fingerprint density at radius 3 is 2.54 bits per heavy atom. The van der Waals surface area contributed by atoms with Gasteiger partial charge in [0.1, 0.15) is 6.04 Å². The summed E-state index contributed by atoms with van der Waals surface area (Å²) in [5.74, 6) is 0.946. The number of hydrogen-bond acceptors (Lipinski definition) is 6. The number of methoxy groups -OCH3 is 1. The van der Waals surface area contributed by atoms with Crippen LogP contribution < -0.4 is 14.8 Å². The first-order valence-corrected chi connectivity index (χ1v) is 14.8. The summed E-state index contributed by atoms with van der Waals surface area (Å²) in [7, 11) is 1.61. The molecule has 8 heteroatoms. The van der Waals surface area contributed by atoms with E-state index in [2.05, 4.69) is 10.3 Å². The Morgan fingerprint density at radius 1 is 1.02 bits per heavy atom. The third-order valence-electron chi connectivity index (χ3n) is 7.39. The molecular weight excluding hydrogens is 534 g/mol. The zero-order chi connectivity index (χ0) is 28.6. The SMILES string of the molecule is COc1cc(CN(C(=O)c2ccc(-c3ccccc3)cc2)[C@H]2CCCCNC2=O)ccc1OCCc1scnc1C. The first-order chi connectivity index (χ1) is 20.0. The van der Waals surface area contributed by atoms with Crippen molar-refractivity contribution in [3.63, 3.8) is 0 Å². The van der Waals surface area contributed by atoms with E-state index in [0.29, 0.717) is 36.6 Å². The number of benzene rings is 3. The molecule has 1 fully saturated rings. The normalized spacial score (nSPS) is 15.1. The van der Waals surface area contributed by atoms with Crippen molar-refractivity contribution in [2.45, 2.75) is 45.2 Å². The van der Waals surface area contributed by atoms with Crippen LogP contribution in [0.2, 0.25) is 0 Å². The van der Waals surface area contributed by atoms with Crippen LogP contribution in [0.25, 0.3) is 11.1 Å². The summed E-state index contributed by atoms with van der Waals surface area (Å²) < 4.78 is 11.7. The molecule has 1 N–H and O–H groups in total. The van der Waals surface area contributed by atoms with Crippen LogP contribution >= 0.6 is 11.3 Å². The van der Waals surface area contributed by atoms with Gasteiger partial charge in [0.25, 0.3) is 5.91 Å². The summed E-state index contributed by atoms with van der Waals surface area (Å²) >= 11 is 1.63. The van der Waals surface area contributed by atoms with Crippen LogP contribution in [-0.4, -0.2) is 48.0 Å². The topological polar surface area (TPSA) is 80.8 Å². The van der Waals surface area contributed by atoms with E-state index in [-0.39, 0.29) is 18.4 Å². The molecule has 0 saturated carbocycles. The molecular formula is C33H35N3O4S. The molecule has 4 aromatic rings. The molecule has 41 heavy (non-hydrogen) atoms. The number of ether oxygens (including phenoxy) is 2. The highest BCUT2D eigenvalue weighted by Crippen LogP contribution is 2.30. The van der Waals surface area contributed by atoms with Gasteiger partial charge in [0.15, 0.2) is 11.5 Å². The van der Waals surface area contributed by atoms with E-state index in [1.54, 1.807) is 23.3 Å². The van der Waals surface area contributed by atoms with Crippen molar-refractivity contribution in [2.24, 2.45) is 0 Å². The summed E-state index contributed by atoms with van der Waals surface area (Å²) in [6.45, 7) is 3.41. The summed E-state index contributed by atoms with van der Waals surface area (Å²) in [6.07, 6.45) is 3.16. The van der Waals surface area contributed by atoms with Crippen LogP contribution in [-0.2, 0) is 17.8 Å². The lowest BCUT2D eigenvalue weighted by Crippen LogP contribution is -2.48. The van der Waals surface area contributed by atoms with E-state index in [0.717, 1.165) is 41.6 Å². The van der Waals surface area contributed by atoms with Crippen molar-refractivity contribution in [2.75, 3.05) is 20.3 Å². The second-order valence-corrected chi connectivity index (χ2v) is 11.1. The quantitative estimate of drug-likeness (QED) is 0.251. The van der Waals surface area contributed by atoms with E-state index >= 15 is 0 Å². The molecule has 0 aliphatic carbocycles. The minimum absolute atomic E-state index is 0.109. The first-order valence-electron chi connectivity index (χ1n) is 14.0. The highest BCUT2D eigenvalue weighted by Gasteiger charge is 2.31. The van der Waals surface area contributed by atoms with Gasteiger partial charge in [-0.1, -0.05) is 48.5 Å². The van der Waals surface area contributed by atoms with Crippen LogP contribution in [0.15, 0.2) is 78.3 Å². The van der Waals surface area contributed by atoms with Crippen molar-refractivity contribution >= 4 is 23.2 Å². The van der Waals surface area contributed by atoms with E-state index < -0.39 is 6.04 Å². The Labute approximate surface area is 245 Å². The fraction of sp³-hybridized carbons (Fsp3) is 0.303. The van der Waals surface area contributed by atoms with Crippen LogP contribution in [0.3, 0.4) is 0 Å². The minimum atomic E-state index is -0.552. The number of aromatic nitrogens is 1. The lowest BCUT2D eigenvalue weighted by Gasteiger charge is -2.30. The molecule has 0 spiro atoms. The van der Waals surface area contributed by atoms with Crippen molar-refractivity contribution in [3.05, 3.63) is 100 Å². The zero-order valence-electron chi connectivity index (χ0n) is 23.5. The summed E-state index contributed by atoms with van der Waals surface area (Å²) in [5.41, 5.74) is 6.41. The lowest BCUT2D eigenvalue weighted by molar-refractivity contribution is -0.125. The molecule has 5 rings (SSSR count). The maximum atomic E-state index is 13.9. The zero-order valence-corrected chi connectivity index (χ0v) is 24.3. The second-order valence-electron chi connectivity index (χ2n) is 10.1. The molecule has 1 atom stereocenters. The second kappa shape index (κ2) is 13.5. The van der Waals surface area contributed by atoms with Crippen molar-refractivity contribution in [3.8, 4) is 22.6 Å². The van der Waals surface area contributed by atoms with E-state index in [4.69, 9.17) is 9.47 Å². The first kappa shape index (κ1) is 28.4. The molecule has 1 saturated heterocycles. The number of thiazole rings is 1. The predicted octanol–water partition coefficient (Wildman–Crippen LogP) is 6.06. The number of nitrogens with one attached hydrogen (secondary N) is 1. The molecule has 1 aromatic heterocycles. The number of carbonyl (C=O) groups is 2. The largest absolute Gasteiger partial charge is 0.493 e. The molecule has 2 amide bonds. The lowest BCUT2D eigenvalue weighted by atomic mass is 10.0. The third kappa shape index (κ3) is 6.95. The van der Waals surface area contributed by atoms with Crippen LogP contribution in [0.5, 0.6) is 11.5 Å². The molecule has 0 unspecified atom stereocenters. The van der Waals surface area contributed by atoms with Gasteiger partial charge in [0.05, 0.1) is 24.9 Å². The Morgan fingerprint density at radius 2 is 1.80 bits per heavy atom. The average molecular weight is 570 g/mol.